The van der Waals surface area contributed by atoms with Crippen molar-refractivity contribution in [3.63, 3.8) is 0 Å². The number of fused-ring (bicyclic) bond motifs is 1. The second-order valence-corrected chi connectivity index (χ2v) is 7.70. The van der Waals surface area contributed by atoms with Crippen LogP contribution in [0.3, 0.4) is 0 Å². The van der Waals surface area contributed by atoms with E-state index in [1.54, 1.807) is 12.1 Å². The quantitative estimate of drug-likeness (QED) is 0.848. The highest BCUT2D eigenvalue weighted by atomic mass is 32.1. The zero-order valence-corrected chi connectivity index (χ0v) is 14.0. The van der Waals surface area contributed by atoms with E-state index in [9.17, 15) is 9.59 Å². The topological polar surface area (TPSA) is 85.1 Å². The van der Waals surface area contributed by atoms with Crippen LogP contribution in [0.5, 0.6) is 0 Å². The van der Waals surface area contributed by atoms with Gasteiger partial charge in [-0.05, 0) is 29.5 Å². The van der Waals surface area contributed by atoms with Gasteiger partial charge in [0.1, 0.15) is 0 Å². The third kappa shape index (κ3) is 3.59. The largest absolute Gasteiger partial charge is 0.399 e. The average Bonchev–Trinajstić information content (AvgIpc) is 2.82. The van der Waals surface area contributed by atoms with Gasteiger partial charge in [-0.3, -0.25) is 9.59 Å². The summed E-state index contributed by atoms with van der Waals surface area (Å²) in [5, 5.41) is 3.30. The van der Waals surface area contributed by atoms with Crippen LogP contribution < -0.4 is 11.1 Å². The summed E-state index contributed by atoms with van der Waals surface area (Å²) in [6.45, 7) is 4.12. The van der Waals surface area contributed by atoms with E-state index in [2.05, 4.69) is 24.1 Å². The summed E-state index contributed by atoms with van der Waals surface area (Å²) in [7, 11) is 0. The lowest BCUT2D eigenvalue weighted by Crippen LogP contribution is -2.26. The molecule has 0 unspecified atom stereocenters. The van der Waals surface area contributed by atoms with Crippen LogP contribution >= 0.6 is 11.3 Å². The third-order valence-electron chi connectivity index (χ3n) is 3.83. The number of ketones is 1. The van der Waals surface area contributed by atoms with E-state index in [4.69, 9.17) is 5.73 Å². The number of benzene rings is 1. The lowest BCUT2D eigenvalue weighted by atomic mass is 9.78. The van der Waals surface area contributed by atoms with Gasteiger partial charge in [0.25, 0.3) is 0 Å². The molecule has 5 nitrogen and oxygen atoms in total. The summed E-state index contributed by atoms with van der Waals surface area (Å²) in [6.07, 6.45) is 1.55. The Balaban J connectivity index is 1.70. The van der Waals surface area contributed by atoms with Crippen LogP contribution in [0.1, 0.15) is 41.2 Å². The van der Waals surface area contributed by atoms with Crippen LogP contribution in [0.2, 0.25) is 0 Å². The zero-order chi connectivity index (χ0) is 16.6. The molecule has 0 atom stereocenters. The minimum absolute atomic E-state index is 0.0661. The first-order valence-corrected chi connectivity index (χ1v) is 8.31. The van der Waals surface area contributed by atoms with Gasteiger partial charge in [0.2, 0.25) is 5.91 Å². The van der Waals surface area contributed by atoms with E-state index in [1.807, 2.05) is 12.1 Å². The molecule has 2 aromatic rings. The number of hydrogen-bond acceptors (Lipinski definition) is 5. The molecule has 0 bridgehead atoms. The molecule has 1 amide bonds. The monoisotopic (exact) mass is 329 g/mol. The molecular weight excluding hydrogens is 310 g/mol. The number of nitrogens with one attached hydrogen (secondary N) is 1. The van der Waals surface area contributed by atoms with Crippen molar-refractivity contribution in [1.82, 2.24) is 4.98 Å². The Morgan fingerprint density at radius 2 is 2.00 bits per heavy atom. The fourth-order valence-electron chi connectivity index (χ4n) is 2.76. The molecule has 0 fully saturated rings. The van der Waals surface area contributed by atoms with Crippen LogP contribution in [-0.4, -0.2) is 16.7 Å². The number of carbonyl (C=O) groups excluding carboxylic acids is 2. The van der Waals surface area contributed by atoms with E-state index in [0.717, 1.165) is 17.7 Å². The van der Waals surface area contributed by atoms with E-state index < -0.39 is 0 Å². The van der Waals surface area contributed by atoms with Gasteiger partial charge < -0.3 is 11.1 Å². The number of nitrogens with zero attached hydrogens (tertiary/aromatic N) is 1. The number of anilines is 2. The van der Waals surface area contributed by atoms with Crippen molar-refractivity contribution >= 4 is 33.8 Å². The van der Waals surface area contributed by atoms with Gasteiger partial charge in [-0.25, -0.2) is 4.98 Å². The van der Waals surface area contributed by atoms with Gasteiger partial charge >= 0.3 is 0 Å². The SMILES string of the molecule is CC1(C)CC(=O)c2sc(NC(=O)Cc3ccc(N)cc3)nc2C1. The Bertz CT molecular complexity index is 763. The van der Waals surface area contributed by atoms with Crippen molar-refractivity contribution in [2.45, 2.75) is 33.1 Å². The zero-order valence-electron chi connectivity index (χ0n) is 13.2. The highest BCUT2D eigenvalue weighted by Crippen LogP contribution is 2.38. The fourth-order valence-corrected chi connectivity index (χ4v) is 3.69. The molecule has 1 aliphatic rings. The Morgan fingerprint density at radius 3 is 2.70 bits per heavy atom. The first-order chi connectivity index (χ1) is 10.8. The summed E-state index contributed by atoms with van der Waals surface area (Å²) < 4.78 is 0. The number of nitrogens with two attached hydrogens (primary N) is 1. The molecule has 0 saturated heterocycles. The van der Waals surface area contributed by atoms with Crippen molar-refractivity contribution < 1.29 is 9.59 Å². The van der Waals surface area contributed by atoms with Crippen molar-refractivity contribution in [2.24, 2.45) is 5.41 Å². The van der Waals surface area contributed by atoms with Gasteiger partial charge in [-0.2, -0.15) is 0 Å². The summed E-state index contributed by atoms with van der Waals surface area (Å²) in [4.78, 5) is 29.4. The Kier molecular flexibility index (Phi) is 3.93. The van der Waals surface area contributed by atoms with E-state index in [0.29, 0.717) is 22.1 Å². The standard InChI is InChI=1S/C17H19N3O2S/c1-17(2)8-12-15(13(21)9-17)23-16(19-12)20-14(22)7-10-3-5-11(18)6-4-10/h3-6H,7-9,18H2,1-2H3,(H,19,20,22). The summed E-state index contributed by atoms with van der Waals surface area (Å²) >= 11 is 1.27. The van der Waals surface area contributed by atoms with E-state index in [1.165, 1.54) is 11.3 Å². The normalized spacial score (nSPS) is 16.0. The molecule has 0 spiro atoms. The lowest BCUT2D eigenvalue weighted by Gasteiger charge is -2.26. The molecule has 120 valence electrons. The van der Waals surface area contributed by atoms with Crippen LogP contribution in [-0.2, 0) is 17.6 Å². The molecule has 0 radical (unpaired) electrons. The molecular formula is C17H19N3O2S. The lowest BCUT2D eigenvalue weighted by molar-refractivity contribution is -0.115. The van der Waals surface area contributed by atoms with Gasteiger partial charge in [0.15, 0.2) is 10.9 Å². The number of carbonyl (C=O) groups is 2. The molecule has 6 heteroatoms. The molecule has 3 N–H and O–H groups in total. The summed E-state index contributed by atoms with van der Waals surface area (Å²) in [5.41, 5.74) is 7.92. The molecule has 0 aliphatic heterocycles. The minimum Gasteiger partial charge on any atom is -0.399 e. The predicted molar refractivity (Wildman–Crippen MR) is 91.7 cm³/mol. The van der Waals surface area contributed by atoms with Gasteiger partial charge in [0, 0.05) is 12.1 Å². The smallest absolute Gasteiger partial charge is 0.230 e. The van der Waals surface area contributed by atoms with E-state index in [-0.39, 0.29) is 23.5 Å². The highest BCUT2D eigenvalue weighted by molar-refractivity contribution is 7.17. The third-order valence-corrected chi connectivity index (χ3v) is 4.88. The Hall–Kier alpha value is -2.21. The predicted octanol–water partition coefficient (Wildman–Crippen LogP) is 3.06. The van der Waals surface area contributed by atoms with Gasteiger partial charge in [0.05, 0.1) is 17.0 Å². The average molecular weight is 329 g/mol. The van der Waals surface area contributed by atoms with Crippen LogP contribution in [0.25, 0.3) is 0 Å². The van der Waals surface area contributed by atoms with Crippen molar-refractivity contribution in [3.05, 3.63) is 40.4 Å². The number of nitrogen functional groups attached to an aromatic ring is 1. The Labute approximate surface area is 138 Å². The first-order valence-electron chi connectivity index (χ1n) is 7.50. The molecule has 1 aliphatic carbocycles. The summed E-state index contributed by atoms with van der Waals surface area (Å²) in [5.74, 6) is -0.0274. The number of thiazole rings is 1. The van der Waals surface area contributed by atoms with Gasteiger partial charge in [-0.15, -0.1) is 0 Å². The number of hydrogen-bond donors (Lipinski definition) is 2. The number of aromatic nitrogens is 1. The van der Waals surface area contributed by atoms with Crippen molar-refractivity contribution in [3.8, 4) is 0 Å². The van der Waals surface area contributed by atoms with Crippen molar-refractivity contribution in [2.75, 3.05) is 11.1 Å². The number of Topliss-reactive ketones (excluding diaryl/α,β-unsaturated/α-hetero) is 1. The maximum atomic E-state index is 12.2. The first kappa shape index (κ1) is 15.7. The van der Waals surface area contributed by atoms with Crippen LogP contribution in [0, 0.1) is 5.41 Å². The highest BCUT2D eigenvalue weighted by Gasteiger charge is 2.34. The second-order valence-electron chi connectivity index (χ2n) is 6.70. The molecule has 0 saturated carbocycles. The molecule has 1 aromatic heterocycles. The van der Waals surface area contributed by atoms with Gasteiger partial charge in [-0.1, -0.05) is 37.3 Å². The second kappa shape index (κ2) is 5.77. The molecule has 1 heterocycles. The number of amides is 1. The maximum Gasteiger partial charge on any atom is 0.230 e. The molecule has 1 aromatic carbocycles. The maximum absolute atomic E-state index is 12.2. The van der Waals surface area contributed by atoms with Crippen LogP contribution in [0.4, 0.5) is 10.8 Å². The van der Waals surface area contributed by atoms with Crippen LogP contribution in [0.15, 0.2) is 24.3 Å². The Morgan fingerprint density at radius 1 is 1.30 bits per heavy atom. The summed E-state index contributed by atoms with van der Waals surface area (Å²) in [6, 6.07) is 7.19. The van der Waals surface area contributed by atoms with Crippen molar-refractivity contribution in [1.29, 1.82) is 0 Å². The van der Waals surface area contributed by atoms with E-state index >= 15 is 0 Å². The number of rotatable bonds is 3. The molecule has 23 heavy (non-hydrogen) atoms. The minimum atomic E-state index is -0.146. The molecule has 3 rings (SSSR count). The fraction of sp³-hybridized carbons (Fsp3) is 0.353.